The summed E-state index contributed by atoms with van der Waals surface area (Å²) in [5.41, 5.74) is 2.11. The number of unbranched alkanes of at least 4 members (excludes halogenated alkanes) is 1. The van der Waals surface area contributed by atoms with E-state index in [1.54, 1.807) is 11.3 Å². The van der Waals surface area contributed by atoms with Crippen molar-refractivity contribution >= 4 is 35.0 Å². The van der Waals surface area contributed by atoms with Gasteiger partial charge in [-0.2, -0.15) is 0 Å². The lowest BCUT2D eigenvalue weighted by molar-refractivity contribution is -0.117. The predicted octanol–water partition coefficient (Wildman–Crippen LogP) is 3.52. The number of amides is 3. The minimum Gasteiger partial charge on any atom is -0.337 e. The van der Waals surface area contributed by atoms with E-state index in [9.17, 15) is 9.59 Å². The van der Waals surface area contributed by atoms with Crippen molar-refractivity contribution in [2.45, 2.75) is 51.7 Å². The largest absolute Gasteiger partial charge is 0.337 e. The zero-order valence-electron chi connectivity index (χ0n) is 15.5. The Balaban J connectivity index is 1.75. The van der Waals surface area contributed by atoms with Crippen LogP contribution in [0.4, 0.5) is 4.79 Å². The van der Waals surface area contributed by atoms with E-state index in [2.05, 4.69) is 27.1 Å². The van der Waals surface area contributed by atoms with E-state index in [1.807, 2.05) is 31.4 Å². The first-order valence-corrected chi connectivity index (χ1v) is 10.6. The van der Waals surface area contributed by atoms with Crippen LogP contribution in [0.2, 0.25) is 0 Å². The topological polar surface area (TPSA) is 76.0 Å². The molecule has 0 fully saturated rings. The quantitative estimate of drug-likeness (QED) is 0.638. The number of hydrogen-bond acceptors (Lipinski definition) is 5. The summed E-state index contributed by atoms with van der Waals surface area (Å²) in [7, 11) is 0. The van der Waals surface area contributed by atoms with Crippen LogP contribution in [-0.2, 0) is 17.8 Å². The molecule has 2 heterocycles. The van der Waals surface area contributed by atoms with Crippen LogP contribution in [0, 0.1) is 13.8 Å². The number of thiophene rings is 1. The van der Waals surface area contributed by atoms with E-state index in [0.717, 1.165) is 42.4 Å². The SMILES string of the molecule is CCCCn1c(SCC(=O)NC(=O)NCCc2cccs2)nc(C)c1C. The van der Waals surface area contributed by atoms with Crippen molar-refractivity contribution in [1.82, 2.24) is 20.2 Å². The summed E-state index contributed by atoms with van der Waals surface area (Å²) in [6, 6.07) is 3.56. The average molecular weight is 395 g/mol. The maximum absolute atomic E-state index is 12.0. The van der Waals surface area contributed by atoms with Crippen LogP contribution in [-0.4, -0.2) is 33.8 Å². The first-order valence-electron chi connectivity index (χ1n) is 8.77. The summed E-state index contributed by atoms with van der Waals surface area (Å²) >= 11 is 3.02. The van der Waals surface area contributed by atoms with Crippen molar-refractivity contribution in [3.63, 3.8) is 0 Å². The molecule has 0 spiro atoms. The molecule has 0 aliphatic carbocycles. The second-order valence-electron chi connectivity index (χ2n) is 5.99. The van der Waals surface area contributed by atoms with Crippen molar-refractivity contribution in [3.8, 4) is 0 Å². The molecular formula is C18H26N4O2S2. The summed E-state index contributed by atoms with van der Waals surface area (Å²) in [6.07, 6.45) is 2.94. The fraction of sp³-hybridized carbons (Fsp3) is 0.500. The first-order chi connectivity index (χ1) is 12.5. The second kappa shape index (κ2) is 10.4. The van der Waals surface area contributed by atoms with Crippen LogP contribution in [0.1, 0.15) is 36.0 Å². The Morgan fingerprint density at radius 1 is 1.35 bits per heavy atom. The molecule has 0 atom stereocenters. The van der Waals surface area contributed by atoms with Gasteiger partial charge in [-0.05, 0) is 38.1 Å². The molecule has 2 N–H and O–H groups in total. The average Bonchev–Trinajstić information content (AvgIpc) is 3.21. The molecule has 0 aromatic carbocycles. The number of aryl methyl sites for hydroxylation is 1. The molecule has 142 valence electrons. The van der Waals surface area contributed by atoms with Crippen LogP contribution < -0.4 is 10.6 Å². The number of carbonyl (C=O) groups excluding carboxylic acids is 2. The molecule has 0 saturated heterocycles. The molecular weight excluding hydrogens is 368 g/mol. The highest BCUT2D eigenvalue weighted by Crippen LogP contribution is 2.21. The van der Waals surface area contributed by atoms with Crippen molar-refractivity contribution in [1.29, 1.82) is 0 Å². The third-order valence-electron chi connectivity index (χ3n) is 3.98. The monoisotopic (exact) mass is 394 g/mol. The highest BCUT2D eigenvalue weighted by molar-refractivity contribution is 7.99. The molecule has 2 rings (SSSR count). The fourth-order valence-electron chi connectivity index (χ4n) is 2.40. The molecule has 0 aliphatic rings. The van der Waals surface area contributed by atoms with E-state index in [-0.39, 0.29) is 11.7 Å². The van der Waals surface area contributed by atoms with Crippen LogP contribution >= 0.6 is 23.1 Å². The van der Waals surface area contributed by atoms with E-state index >= 15 is 0 Å². The predicted molar refractivity (Wildman–Crippen MR) is 107 cm³/mol. The van der Waals surface area contributed by atoms with Crippen LogP contribution in [0.25, 0.3) is 0 Å². The molecule has 0 saturated carbocycles. The van der Waals surface area contributed by atoms with E-state index in [1.165, 1.54) is 16.6 Å². The maximum atomic E-state index is 12.0. The van der Waals surface area contributed by atoms with E-state index in [4.69, 9.17) is 0 Å². The lowest BCUT2D eigenvalue weighted by Gasteiger charge is -2.09. The highest BCUT2D eigenvalue weighted by atomic mass is 32.2. The van der Waals surface area contributed by atoms with Gasteiger partial charge < -0.3 is 9.88 Å². The van der Waals surface area contributed by atoms with Crippen molar-refractivity contribution in [2.75, 3.05) is 12.3 Å². The number of imidazole rings is 1. The number of carbonyl (C=O) groups is 2. The fourth-order valence-corrected chi connectivity index (χ4v) is 4.03. The maximum Gasteiger partial charge on any atom is 0.321 e. The van der Waals surface area contributed by atoms with Gasteiger partial charge in [0.2, 0.25) is 5.91 Å². The van der Waals surface area contributed by atoms with Crippen LogP contribution in [0.5, 0.6) is 0 Å². The number of nitrogens with zero attached hydrogens (tertiary/aromatic N) is 2. The smallest absolute Gasteiger partial charge is 0.321 e. The Morgan fingerprint density at radius 3 is 2.85 bits per heavy atom. The highest BCUT2D eigenvalue weighted by Gasteiger charge is 2.14. The Morgan fingerprint density at radius 2 is 2.15 bits per heavy atom. The molecule has 0 aliphatic heterocycles. The van der Waals surface area contributed by atoms with Crippen LogP contribution in [0.3, 0.4) is 0 Å². The van der Waals surface area contributed by atoms with Crippen molar-refractivity contribution < 1.29 is 9.59 Å². The first kappa shape index (κ1) is 20.5. The van der Waals surface area contributed by atoms with Crippen molar-refractivity contribution in [2.24, 2.45) is 0 Å². The van der Waals surface area contributed by atoms with Gasteiger partial charge in [-0.25, -0.2) is 9.78 Å². The van der Waals surface area contributed by atoms with Gasteiger partial charge in [0.25, 0.3) is 0 Å². The van der Waals surface area contributed by atoms with Gasteiger partial charge >= 0.3 is 6.03 Å². The summed E-state index contributed by atoms with van der Waals surface area (Å²) in [4.78, 5) is 29.5. The van der Waals surface area contributed by atoms with E-state index in [0.29, 0.717) is 6.54 Å². The van der Waals surface area contributed by atoms with Gasteiger partial charge in [0.15, 0.2) is 5.16 Å². The molecule has 2 aromatic heterocycles. The number of aromatic nitrogens is 2. The Kier molecular flexibility index (Phi) is 8.18. The van der Waals surface area contributed by atoms with Gasteiger partial charge in [-0.3, -0.25) is 10.1 Å². The number of nitrogens with one attached hydrogen (secondary N) is 2. The zero-order chi connectivity index (χ0) is 18.9. The van der Waals surface area contributed by atoms with Gasteiger partial charge in [0.1, 0.15) is 0 Å². The van der Waals surface area contributed by atoms with Crippen molar-refractivity contribution in [3.05, 3.63) is 33.8 Å². The van der Waals surface area contributed by atoms with E-state index < -0.39 is 6.03 Å². The lowest BCUT2D eigenvalue weighted by Crippen LogP contribution is -2.41. The summed E-state index contributed by atoms with van der Waals surface area (Å²) < 4.78 is 2.15. The molecule has 2 aromatic rings. The Hall–Kier alpha value is -1.80. The number of imide groups is 1. The summed E-state index contributed by atoms with van der Waals surface area (Å²) in [5.74, 6) is -0.149. The minimum atomic E-state index is -0.450. The Bertz CT molecular complexity index is 726. The number of rotatable bonds is 9. The van der Waals surface area contributed by atoms with Gasteiger partial charge in [0.05, 0.1) is 11.4 Å². The summed E-state index contributed by atoms with van der Waals surface area (Å²) in [5, 5.41) is 7.92. The number of urea groups is 1. The molecule has 0 bridgehead atoms. The minimum absolute atomic E-state index is 0.167. The third kappa shape index (κ3) is 6.17. The zero-order valence-corrected chi connectivity index (χ0v) is 17.1. The third-order valence-corrected chi connectivity index (χ3v) is 5.89. The lowest BCUT2D eigenvalue weighted by atomic mass is 10.3. The summed E-state index contributed by atoms with van der Waals surface area (Å²) in [6.45, 7) is 7.57. The molecule has 8 heteroatoms. The second-order valence-corrected chi connectivity index (χ2v) is 7.97. The Labute approximate surface area is 162 Å². The molecule has 0 radical (unpaired) electrons. The molecule has 0 unspecified atom stereocenters. The normalized spacial score (nSPS) is 10.7. The van der Waals surface area contributed by atoms with Gasteiger partial charge in [-0.1, -0.05) is 31.2 Å². The number of hydrogen-bond donors (Lipinski definition) is 2. The molecule has 26 heavy (non-hydrogen) atoms. The van der Waals surface area contributed by atoms with Gasteiger partial charge in [0, 0.05) is 23.7 Å². The standard InChI is InChI=1S/C18H26N4O2S2/c1-4-5-10-22-14(3)13(2)20-18(22)26-12-16(23)21-17(24)19-9-8-15-7-6-11-25-15/h6-7,11H,4-5,8-10,12H2,1-3H3,(H2,19,21,23,24). The van der Waals surface area contributed by atoms with Gasteiger partial charge in [-0.15, -0.1) is 11.3 Å². The molecule has 3 amide bonds. The molecule has 6 nitrogen and oxygen atoms in total. The van der Waals surface area contributed by atoms with Crippen LogP contribution in [0.15, 0.2) is 22.7 Å². The number of thioether (sulfide) groups is 1.